The second-order valence-corrected chi connectivity index (χ2v) is 5.22. The van der Waals surface area contributed by atoms with E-state index in [0.717, 1.165) is 12.0 Å². The monoisotopic (exact) mass is 218 g/mol. The minimum atomic E-state index is -1.75. The highest BCUT2D eigenvalue weighted by atomic mass is 16.5. The van der Waals surface area contributed by atoms with Gasteiger partial charge < -0.3 is 10.2 Å². The van der Waals surface area contributed by atoms with E-state index in [9.17, 15) is 10.2 Å². The van der Waals surface area contributed by atoms with Crippen LogP contribution in [0, 0.1) is 5.41 Å². The summed E-state index contributed by atoms with van der Waals surface area (Å²) in [7, 11) is 0. The van der Waals surface area contributed by atoms with E-state index in [1.54, 1.807) is 0 Å². The fourth-order valence-corrected chi connectivity index (χ4v) is 2.67. The molecular formula is C14H18O2. The second-order valence-electron chi connectivity index (χ2n) is 5.22. The van der Waals surface area contributed by atoms with Crippen LogP contribution in [0.5, 0.6) is 0 Å². The number of hydrogen-bond donors (Lipinski definition) is 2. The van der Waals surface area contributed by atoms with E-state index in [1.807, 2.05) is 36.4 Å². The molecular weight excluding hydrogens is 200 g/mol. The van der Waals surface area contributed by atoms with E-state index in [2.05, 4.69) is 13.8 Å². The fraction of sp³-hybridized carbons (Fsp3) is 0.429. The molecule has 2 N–H and O–H groups in total. The molecule has 2 rings (SSSR count). The highest BCUT2D eigenvalue weighted by Gasteiger charge is 2.45. The maximum absolute atomic E-state index is 10.1. The van der Waals surface area contributed by atoms with Crippen molar-refractivity contribution in [3.63, 3.8) is 0 Å². The van der Waals surface area contributed by atoms with Gasteiger partial charge in [0.25, 0.3) is 0 Å². The minimum Gasteiger partial charge on any atom is -0.362 e. The predicted octanol–water partition coefficient (Wildman–Crippen LogP) is 2.44. The number of allylic oxidation sites excluding steroid dienone is 1. The van der Waals surface area contributed by atoms with Gasteiger partial charge in [-0.3, -0.25) is 0 Å². The normalized spacial score (nSPS) is 26.6. The fourth-order valence-electron chi connectivity index (χ4n) is 2.67. The molecule has 16 heavy (non-hydrogen) atoms. The van der Waals surface area contributed by atoms with Crippen molar-refractivity contribution in [2.75, 3.05) is 0 Å². The van der Waals surface area contributed by atoms with Crippen molar-refractivity contribution in [3.05, 3.63) is 48.0 Å². The Bertz CT molecular complexity index is 390. The third kappa shape index (κ3) is 1.91. The van der Waals surface area contributed by atoms with Gasteiger partial charge in [0, 0.05) is 5.92 Å². The Balaban J connectivity index is 2.48. The van der Waals surface area contributed by atoms with Crippen LogP contribution >= 0.6 is 0 Å². The molecule has 1 atom stereocenters. The molecule has 0 spiro atoms. The lowest BCUT2D eigenvalue weighted by Crippen LogP contribution is -2.44. The molecule has 0 bridgehead atoms. The van der Waals surface area contributed by atoms with E-state index in [0.29, 0.717) is 0 Å². The van der Waals surface area contributed by atoms with Gasteiger partial charge in [0.05, 0.1) is 0 Å². The standard InChI is InChI=1S/C14H18O2/c1-13(2)9-6-10-14(15,16)12(13)11-7-4-3-5-8-11/h3-8,10,12,15-16H,9H2,1-2H3/t12-/m0/s1. The van der Waals surface area contributed by atoms with Crippen molar-refractivity contribution in [2.45, 2.75) is 32.0 Å². The van der Waals surface area contributed by atoms with Crippen molar-refractivity contribution in [2.24, 2.45) is 5.41 Å². The van der Waals surface area contributed by atoms with Crippen molar-refractivity contribution in [1.82, 2.24) is 0 Å². The molecule has 0 aliphatic heterocycles. The number of aliphatic hydroxyl groups is 2. The van der Waals surface area contributed by atoms with Gasteiger partial charge in [-0.2, -0.15) is 0 Å². The topological polar surface area (TPSA) is 40.5 Å². The van der Waals surface area contributed by atoms with Gasteiger partial charge in [-0.25, -0.2) is 0 Å². The first kappa shape index (κ1) is 11.4. The summed E-state index contributed by atoms with van der Waals surface area (Å²) in [6, 6.07) is 9.70. The molecule has 0 aromatic heterocycles. The molecule has 0 radical (unpaired) electrons. The van der Waals surface area contributed by atoms with E-state index in [-0.39, 0.29) is 11.3 Å². The molecule has 1 aromatic rings. The van der Waals surface area contributed by atoms with E-state index in [4.69, 9.17) is 0 Å². The molecule has 0 fully saturated rings. The quantitative estimate of drug-likeness (QED) is 0.561. The maximum atomic E-state index is 10.1. The Morgan fingerprint density at radius 1 is 1.12 bits per heavy atom. The van der Waals surface area contributed by atoms with Crippen LogP contribution in [0.3, 0.4) is 0 Å². The Morgan fingerprint density at radius 2 is 1.75 bits per heavy atom. The zero-order valence-corrected chi connectivity index (χ0v) is 9.72. The van der Waals surface area contributed by atoms with Gasteiger partial charge in [-0.1, -0.05) is 50.3 Å². The SMILES string of the molecule is CC1(C)CC=CC(O)(O)[C@H]1c1ccccc1. The molecule has 1 aromatic carbocycles. The minimum absolute atomic E-state index is 0.153. The Morgan fingerprint density at radius 3 is 2.31 bits per heavy atom. The molecule has 86 valence electrons. The van der Waals surface area contributed by atoms with Crippen LogP contribution in [0.15, 0.2) is 42.5 Å². The van der Waals surface area contributed by atoms with Crippen LogP contribution in [0.1, 0.15) is 31.7 Å². The highest BCUT2D eigenvalue weighted by molar-refractivity contribution is 5.29. The summed E-state index contributed by atoms with van der Waals surface area (Å²) in [4.78, 5) is 0. The Kier molecular flexibility index (Phi) is 2.64. The first-order valence-corrected chi connectivity index (χ1v) is 5.61. The lowest BCUT2D eigenvalue weighted by Gasteiger charge is -2.43. The van der Waals surface area contributed by atoms with Gasteiger partial charge in [0.2, 0.25) is 0 Å². The van der Waals surface area contributed by atoms with Gasteiger partial charge in [0.1, 0.15) is 0 Å². The van der Waals surface area contributed by atoms with E-state index >= 15 is 0 Å². The summed E-state index contributed by atoms with van der Waals surface area (Å²) in [5.41, 5.74) is 0.821. The predicted molar refractivity (Wildman–Crippen MR) is 63.9 cm³/mol. The summed E-state index contributed by atoms with van der Waals surface area (Å²) in [5.74, 6) is -2.03. The Labute approximate surface area is 96.2 Å². The summed E-state index contributed by atoms with van der Waals surface area (Å²) in [5, 5.41) is 20.2. The number of rotatable bonds is 1. The van der Waals surface area contributed by atoms with Crippen LogP contribution in [0.2, 0.25) is 0 Å². The number of benzene rings is 1. The van der Waals surface area contributed by atoms with Crippen LogP contribution in [0.25, 0.3) is 0 Å². The highest BCUT2D eigenvalue weighted by Crippen LogP contribution is 2.47. The van der Waals surface area contributed by atoms with Crippen molar-refractivity contribution in [3.8, 4) is 0 Å². The maximum Gasteiger partial charge on any atom is 0.190 e. The lowest BCUT2D eigenvalue weighted by molar-refractivity contribution is -0.164. The first-order valence-electron chi connectivity index (χ1n) is 5.61. The Hall–Kier alpha value is -1.12. The molecule has 0 heterocycles. The molecule has 0 saturated carbocycles. The second kappa shape index (κ2) is 3.72. The molecule has 0 unspecified atom stereocenters. The zero-order chi connectivity index (χ0) is 11.8. The average molecular weight is 218 g/mol. The van der Waals surface area contributed by atoms with Gasteiger partial charge in [-0.15, -0.1) is 0 Å². The largest absolute Gasteiger partial charge is 0.362 e. The van der Waals surface area contributed by atoms with Gasteiger partial charge >= 0.3 is 0 Å². The molecule has 2 heteroatoms. The summed E-state index contributed by atoms with van der Waals surface area (Å²) >= 11 is 0. The van der Waals surface area contributed by atoms with Crippen LogP contribution in [-0.2, 0) is 0 Å². The van der Waals surface area contributed by atoms with Crippen molar-refractivity contribution >= 4 is 0 Å². The molecule has 1 aliphatic rings. The summed E-state index contributed by atoms with van der Waals surface area (Å²) in [6.45, 7) is 4.13. The van der Waals surface area contributed by atoms with Crippen molar-refractivity contribution < 1.29 is 10.2 Å². The smallest absolute Gasteiger partial charge is 0.190 e. The zero-order valence-electron chi connectivity index (χ0n) is 9.72. The average Bonchev–Trinajstić information content (AvgIpc) is 2.16. The molecule has 0 amide bonds. The summed E-state index contributed by atoms with van der Waals surface area (Å²) < 4.78 is 0. The van der Waals surface area contributed by atoms with E-state index in [1.165, 1.54) is 6.08 Å². The lowest BCUT2D eigenvalue weighted by atomic mass is 9.66. The summed E-state index contributed by atoms with van der Waals surface area (Å²) in [6.07, 6.45) is 4.20. The third-order valence-electron chi connectivity index (χ3n) is 3.35. The third-order valence-corrected chi connectivity index (χ3v) is 3.35. The van der Waals surface area contributed by atoms with E-state index < -0.39 is 5.79 Å². The first-order chi connectivity index (χ1) is 7.43. The van der Waals surface area contributed by atoms with Gasteiger partial charge in [-0.05, 0) is 23.5 Å². The number of hydrogen-bond acceptors (Lipinski definition) is 2. The van der Waals surface area contributed by atoms with Crippen LogP contribution in [0.4, 0.5) is 0 Å². The molecule has 2 nitrogen and oxygen atoms in total. The van der Waals surface area contributed by atoms with Crippen molar-refractivity contribution in [1.29, 1.82) is 0 Å². The van der Waals surface area contributed by atoms with Crippen LogP contribution < -0.4 is 0 Å². The van der Waals surface area contributed by atoms with Gasteiger partial charge in [0.15, 0.2) is 5.79 Å². The molecule has 1 aliphatic carbocycles. The van der Waals surface area contributed by atoms with Crippen LogP contribution in [-0.4, -0.2) is 16.0 Å². The molecule has 0 saturated heterocycles.